The highest BCUT2D eigenvalue weighted by Crippen LogP contribution is 2.34. The summed E-state index contributed by atoms with van der Waals surface area (Å²) in [5, 5.41) is 21.7. The minimum absolute atomic E-state index is 0.0629. The topological polar surface area (TPSA) is 104 Å². The summed E-state index contributed by atoms with van der Waals surface area (Å²) in [6, 6.07) is 10.6. The van der Waals surface area contributed by atoms with E-state index >= 15 is 0 Å². The smallest absolute Gasteiger partial charge is 0.162 e. The lowest BCUT2D eigenvalue weighted by Gasteiger charge is -2.16. The molecule has 8 heteroatoms. The maximum atomic E-state index is 9.78. The zero-order valence-corrected chi connectivity index (χ0v) is 16.1. The van der Waals surface area contributed by atoms with Crippen molar-refractivity contribution in [1.29, 1.82) is 5.41 Å². The molecule has 0 atom stereocenters. The number of anilines is 2. The van der Waals surface area contributed by atoms with Gasteiger partial charge < -0.3 is 24.8 Å². The number of aromatic hydroxyl groups is 1. The van der Waals surface area contributed by atoms with Crippen molar-refractivity contribution in [3.05, 3.63) is 42.7 Å². The van der Waals surface area contributed by atoms with Gasteiger partial charge in [0.15, 0.2) is 11.5 Å². The van der Waals surface area contributed by atoms with Crippen LogP contribution in [0.1, 0.15) is 6.42 Å². The van der Waals surface area contributed by atoms with Crippen LogP contribution >= 0.6 is 0 Å². The molecule has 0 amide bonds. The first-order valence-corrected chi connectivity index (χ1v) is 8.75. The molecular formula is C20H23N5O3. The number of phenols is 1. The minimum Gasteiger partial charge on any atom is -0.504 e. The summed E-state index contributed by atoms with van der Waals surface area (Å²) < 4.78 is 11.1. The second-order valence-corrected chi connectivity index (χ2v) is 6.32. The highest BCUT2D eigenvalue weighted by molar-refractivity contribution is 5.95. The maximum Gasteiger partial charge on any atom is 0.162 e. The molecule has 146 valence electrons. The molecule has 0 fully saturated rings. The predicted molar refractivity (Wildman–Crippen MR) is 109 cm³/mol. The van der Waals surface area contributed by atoms with Crippen molar-refractivity contribution in [3.8, 4) is 17.2 Å². The molecule has 0 bridgehead atoms. The van der Waals surface area contributed by atoms with E-state index in [1.807, 2.05) is 32.3 Å². The number of fused-ring (bicyclic) bond motifs is 1. The van der Waals surface area contributed by atoms with E-state index in [4.69, 9.17) is 14.9 Å². The number of nitrogens with zero attached hydrogens (tertiary/aromatic N) is 3. The molecule has 28 heavy (non-hydrogen) atoms. The molecule has 0 saturated carbocycles. The number of hydrogen-bond acceptors (Lipinski definition) is 7. The Kier molecular flexibility index (Phi) is 5.78. The molecule has 0 radical (unpaired) electrons. The van der Waals surface area contributed by atoms with E-state index in [1.165, 1.54) is 13.4 Å². The molecule has 0 saturated heterocycles. The van der Waals surface area contributed by atoms with Crippen molar-refractivity contribution >= 4 is 28.2 Å². The van der Waals surface area contributed by atoms with Crippen LogP contribution in [0.4, 0.5) is 11.5 Å². The Labute approximate surface area is 163 Å². The van der Waals surface area contributed by atoms with E-state index in [-0.39, 0.29) is 5.75 Å². The second kappa shape index (κ2) is 8.43. The van der Waals surface area contributed by atoms with Gasteiger partial charge in [0.05, 0.1) is 30.5 Å². The Hall–Kier alpha value is -3.55. The van der Waals surface area contributed by atoms with Gasteiger partial charge in [0.2, 0.25) is 0 Å². The molecule has 8 nitrogen and oxygen atoms in total. The molecule has 0 aliphatic rings. The number of nitrogens with one attached hydrogen (secondary N) is 2. The Morgan fingerprint density at radius 1 is 1.18 bits per heavy atom. The molecule has 3 aromatic rings. The van der Waals surface area contributed by atoms with Crippen molar-refractivity contribution in [2.75, 3.05) is 33.1 Å². The van der Waals surface area contributed by atoms with E-state index in [0.717, 1.165) is 10.9 Å². The van der Waals surface area contributed by atoms with Gasteiger partial charge in [-0.05, 0) is 24.3 Å². The molecule has 1 aromatic heterocycles. The summed E-state index contributed by atoms with van der Waals surface area (Å²) in [7, 11) is 5.17. The first-order valence-electron chi connectivity index (χ1n) is 8.75. The first-order chi connectivity index (χ1) is 13.5. The van der Waals surface area contributed by atoms with Crippen molar-refractivity contribution in [3.63, 3.8) is 0 Å². The molecule has 3 N–H and O–H groups in total. The van der Waals surface area contributed by atoms with Crippen LogP contribution in [-0.4, -0.2) is 53.6 Å². The van der Waals surface area contributed by atoms with E-state index in [2.05, 4.69) is 15.3 Å². The van der Waals surface area contributed by atoms with Gasteiger partial charge in [0.25, 0.3) is 0 Å². The number of benzene rings is 2. The van der Waals surface area contributed by atoms with Gasteiger partial charge in [-0.2, -0.15) is 0 Å². The third-order valence-corrected chi connectivity index (χ3v) is 4.20. The monoisotopic (exact) mass is 381 g/mol. The molecular weight excluding hydrogens is 358 g/mol. The Bertz CT molecular complexity index is 985. The molecule has 0 spiro atoms. The van der Waals surface area contributed by atoms with E-state index in [1.54, 1.807) is 23.1 Å². The zero-order chi connectivity index (χ0) is 20.1. The Morgan fingerprint density at radius 2 is 2.00 bits per heavy atom. The highest BCUT2D eigenvalue weighted by Gasteiger charge is 2.12. The third-order valence-electron chi connectivity index (χ3n) is 4.20. The summed E-state index contributed by atoms with van der Waals surface area (Å²) in [4.78, 5) is 10.4. The highest BCUT2D eigenvalue weighted by atomic mass is 16.5. The van der Waals surface area contributed by atoms with Crippen LogP contribution in [0.25, 0.3) is 10.9 Å². The molecule has 0 unspecified atom stereocenters. The summed E-state index contributed by atoms with van der Waals surface area (Å²) in [5.41, 5.74) is 1.45. The van der Waals surface area contributed by atoms with E-state index in [9.17, 15) is 5.11 Å². The Morgan fingerprint density at radius 3 is 2.75 bits per heavy atom. The lowest BCUT2D eigenvalue weighted by Crippen LogP contribution is -2.22. The van der Waals surface area contributed by atoms with Gasteiger partial charge in [0, 0.05) is 32.3 Å². The van der Waals surface area contributed by atoms with Gasteiger partial charge in [-0.1, -0.05) is 6.07 Å². The summed E-state index contributed by atoms with van der Waals surface area (Å²) >= 11 is 0. The molecule has 0 aliphatic heterocycles. The Balaban J connectivity index is 1.89. The fourth-order valence-electron chi connectivity index (χ4n) is 2.67. The lowest BCUT2D eigenvalue weighted by molar-refractivity contribution is 0.328. The number of aromatic nitrogens is 2. The van der Waals surface area contributed by atoms with Crippen molar-refractivity contribution in [1.82, 2.24) is 14.9 Å². The fourth-order valence-corrected chi connectivity index (χ4v) is 2.67. The van der Waals surface area contributed by atoms with Gasteiger partial charge in [-0.3, -0.25) is 5.41 Å². The van der Waals surface area contributed by atoms with E-state index < -0.39 is 0 Å². The van der Waals surface area contributed by atoms with Crippen LogP contribution < -0.4 is 14.8 Å². The summed E-state index contributed by atoms with van der Waals surface area (Å²) in [6.07, 6.45) is 1.98. The van der Waals surface area contributed by atoms with Crippen molar-refractivity contribution in [2.24, 2.45) is 0 Å². The minimum atomic E-state index is 0.0629. The number of amidine groups is 1. The average Bonchev–Trinajstić information content (AvgIpc) is 2.69. The van der Waals surface area contributed by atoms with Gasteiger partial charge in [0.1, 0.15) is 17.9 Å². The van der Waals surface area contributed by atoms with Crippen LogP contribution in [0.15, 0.2) is 42.7 Å². The maximum absolute atomic E-state index is 9.78. The summed E-state index contributed by atoms with van der Waals surface area (Å²) in [6.45, 7) is 0.373. The van der Waals surface area contributed by atoms with Gasteiger partial charge in [-0.15, -0.1) is 0 Å². The quantitative estimate of drug-likeness (QED) is 0.327. The number of ether oxygens (including phenoxy) is 2. The van der Waals surface area contributed by atoms with Crippen LogP contribution in [0.3, 0.4) is 0 Å². The number of rotatable bonds is 7. The zero-order valence-electron chi connectivity index (χ0n) is 16.1. The largest absolute Gasteiger partial charge is 0.504 e. The number of phenolic OH excluding ortho intramolecular Hbond substituents is 1. The van der Waals surface area contributed by atoms with Gasteiger partial charge >= 0.3 is 0 Å². The fraction of sp³-hybridized carbons (Fsp3) is 0.250. The van der Waals surface area contributed by atoms with Gasteiger partial charge in [-0.25, -0.2) is 9.97 Å². The van der Waals surface area contributed by atoms with Crippen LogP contribution in [0, 0.1) is 5.41 Å². The normalized spacial score (nSPS) is 10.5. The number of methoxy groups -OCH3 is 1. The number of hydrogen-bond donors (Lipinski definition) is 3. The first kappa shape index (κ1) is 19.2. The molecule has 2 aromatic carbocycles. The SMILES string of the molecule is COc1cc(Nc2ncnc3cccc(OCCC(=N)N(C)C)c23)ccc1O. The average molecular weight is 381 g/mol. The third kappa shape index (κ3) is 4.22. The molecule has 0 aliphatic carbocycles. The lowest BCUT2D eigenvalue weighted by atomic mass is 10.2. The second-order valence-electron chi connectivity index (χ2n) is 6.32. The standard InChI is InChI=1S/C20H23N5O3/c1-25(2)18(21)9-10-28-16-6-4-5-14-19(16)20(23-12-22-14)24-13-7-8-15(26)17(11-13)27-3/h4-8,11-12,21,26H,9-10H2,1-3H3,(H,22,23,24). The molecule has 3 rings (SSSR count). The van der Waals surface area contributed by atoms with Crippen LogP contribution in [0.5, 0.6) is 17.2 Å². The van der Waals surface area contributed by atoms with Crippen molar-refractivity contribution < 1.29 is 14.6 Å². The van der Waals surface area contributed by atoms with Crippen LogP contribution in [0.2, 0.25) is 0 Å². The van der Waals surface area contributed by atoms with E-state index in [0.29, 0.717) is 41.9 Å². The summed E-state index contributed by atoms with van der Waals surface area (Å²) in [5.74, 6) is 2.13. The van der Waals surface area contributed by atoms with Crippen molar-refractivity contribution in [2.45, 2.75) is 6.42 Å². The predicted octanol–water partition coefficient (Wildman–Crippen LogP) is 3.40. The van der Waals surface area contributed by atoms with Crippen LogP contribution in [-0.2, 0) is 0 Å². The molecule has 1 heterocycles.